The van der Waals surface area contributed by atoms with E-state index in [1.807, 2.05) is 0 Å². The molecule has 0 aromatic rings. The molecule has 0 spiro atoms. The Kier molecular flexibility index (Phi) is 13.0. The Morgan fingerprint density at radius 2 is 1.64 bits per heavy atom. The van der Waals surface area contributed by atoms with Crippen LogP contribution in [0.1, 0.15) is 71.1 Å². The van der Waals surface area contributed by atoms with Gasteiger partial charge in [-0.05, 0) is 13.0 Å². The molecular weight excluding hydrogens is 272 g/mol. The highest BCUT2D eigenvalue weighted by Crippen LogP contribution is 2.10. The number of hydrogen-bond acceptors (Lipinski definition) is 4. The van der Waals surface area contributed by atoms with E-state index in [0.29, 0.717) is 6.17 Å². The number of nitrogens with one attached hydrogen (secondary N) is 2. The molecule has 1 saturated heterocycles. The highest BCUT2D eigenvalue weighted by atomic mass is 15.3. The minimum Gasteiger partial charge on any atom is -0.329 e. The maximum Gasteiger partial charge on any atom is 0.0726 e. The first-order chi connectivity index (χ1) is 10.9. The van der Waals surface area contributed by atoms with Crippen molar-refractivity contribution in [3.63, 3.8) is 0 Å². The lowest BCUT2D eigenvalue weighted by atomic mass is 10.1. The van der Waals surface area contributed by atoms with Gasteiger partial charge in [-0.1, -0.05) is 64.7 Å². The van der Waals surface area contributed by atoms with E-state index in [2.05, 4.69) is 22.5 Å². The summed E-state index contributed by atoms with van der Waals surface area (Å²) >= 11 is 0. The lowest BCUT2D eigenvalue weighted by Gasteiger charge is -2.36. The van der Waals surface area contributed by atoms with Crippen molar-refractivity contribution in [3.8, 4) is 0 Å². The van der Waals surface area contributed by atoms with Crippen molar-refractivity contribution in [3.05, 3.63) is 0 Å². The van der Waals surface area contributed by atoms with Crippen molar-refractivity contribution in [1.29, 1.82) is 0 Å². The second kappa shape index (κ2) is 14.4. The molecule has 4 N–H and O–H groups in total. The van der Waals surface area contributed by atoms with Crippen molar-refractivity contribution in [2.75, 3.05) is 39.3 Å². The molecule has 1 aliphatic heterocycles. The zero-order valence-corrected chi connectivity index (χ0v) is 14.9. The summed E-state index contributed by atoms with van der Waals surface area (Å²) in [5, 5.41) is 7.16. The summed E-state index contributed by atoms with van der Waals surface area (Å²) < 4.78 is 0. The number of rotatable bonds is 14. The summed E-state index contributed by atoms with van der Waals surface area (Å²) in [5.74, 6) is 0. The average Bonchev–Trinajstić information content (AvgIpc) is 2.54. The number of piperazine rings is 1. The summed E-state index contributed by atoms with van der Waals surface area (Å²) in [6, 6.07) is 0. The summed E-state index contributed by atoms with van der Waals surface area (Å²) in [6.45, 7) is 8.46. The number of unbranched alkanes of at least 4 members (excludes halogenated alkanes) is 9. The standard InChI is InChI=1S/C18H40N4/c1-2-3-4-5-6-7-8-9-10-11-13-21-18-17-20-14-16-22(18)15-12-19/h18,20-21H,2-17,19H2,1H3. The first-order valence-electron chi connectivity index (χ1n) is 9.76. The SMILES string of the molecule is CCCCCCCCCCCCNC1CNCCN1CCN. The zero-order chi connectivity index (χ0) is 15.9. The zero-order valence-electron chi connectivity index (χ0n) is 14.9. The predicted molar refractivity (Wildman–Crippen MR) is 97.1 cm³/mol. The van der Waals surface area contributed by atoms with Gasteiger partial charge in [0, 0.05) is 32.7 Å². The molecule has 0 saturated carbocycles. The summed E-state index contributed by atoms with van der Waals surface area (Å²) in [7, 11) is 0. The Labute approximate surface area is 138 Å². The van der Waals surface area contributed by atoms with Crippen LogP contribution in [0.4, 0.5) is 0 Å². The maximum absolute atomic E-state index is 5.69. The van der Waals surface area contributed by atoms with Crippen LogP contribution in [0.25, 0.3) is 0 Å². The van der Waals surface area contributed by atoms with Gasteiger partial charge in [0.1, 0.15) is 0 Å². The molecule has 4 nitrogen and oxygen atoms in total. The topological polar surface area (TPSA) is 53.3 Å². The molecule has 22 heavy (non-hydrogen) atoms. The van der Waals surface area contributed by atoms with Gasteiger partial charge in [0.15, 0.2) is 0 Å². The smallest absolute Gasteiger partial charge is 0.0726 e. The van der Waals surface area contributed by atoms with Gasteiger partial charge in [-0.3, -0.25) is 4.90 Å². The van der Waals surface area contributed by atoms with Crippen LogP contribution in [-0.4, -0.2) is 50.3 Å². The van der Waals surface area contributed by atoms with Gasteiger partial charge in [-0.2, -0.15) is 0 Å². The lowest BCUT2D eigenvalue weighted by molar-refractivity contribution is 0.137. The molecule has 1 unspecified atom stereocenters. The summed E-state index contributed by atoms with van der Waals surface area (Å²) in [4.78, 5) is 2.48. The van der Waals surface area contributed by atoms with Gasteiger partial charge in [0.25, 0.3) is 0 Å². The third-order valence-corrected chi connectivity index (χ3v) is 4.68. The van der Waals surface area contributed by atoms with Crippen molar-refractivity contribution >= 4 is 0 Å². The lowest BCUT2D eigenvalue weighted by Crippen LogP contribution is -2.58. The van der Waals surface area contributed by atoms with Crippen molar-refractivity contribution in [1.82, 2.24) is 15.5 Å². The predicted octanol–water partition coefficient (Wildman–Crippen LogP) is 2.69. The van der Waals surface area contributed by atoms with Crippen LogP contribution in [-0.2, 0) is 0 Å². The molecule has 0 amide bonds. The normalized spacial score (nSPS) is 19.6. The Morgan fingerprint density at radius 3 is 2.27 bits per heavy atom. The van der Waals surface area contributed by atoms with Gasteiger partial charge in [-0.25, -0.2) is 0 Å². The highest BCUT2D eigenvalue weighted by molar-refractivity contribution is 4.78. The third-order valence-electron chi connectivity index (χ3n) is 4.68. The molecule has 0 radical (unpaired) electrons. The highest BCUT2D eigenvalue weighted by Gasteiger charge is 2.19. The molecule has 4 heteroatoms. The Bertz CT molecular complexity index is 233. The number of hydrogen-bond donors (Lipinski definition) is 3. The number of nitrogens with zero attached hydrogens (tertiary/aromatic N) is 1. The quantitative estimate of drug-likeness (QED) is 0.432. The monoisotopic (exact) mass is 312 g/mol. The third kappa shape index (κ3) is 9.78. The molecule has 0 aliphatic carbocycles. The van der Waals surface area contributed by atoms with E-state index in [1.165, 1.54) is 64.2 Å². The summed E-state index contributed by atoms with van der Waals surface area (Å²) in [6.07, 6.45) is 14.5. The van der Waals surface area contributed by atoms with Crippen LogP contribution in [0.5, 0.6) is 0 Å². The molecule has 1 aliphatic rings. The van der Waals surface area contributed by atoms with Crippen LogP contribution >= 0.6 is 0 Å². The molecule has 1 rings (SSSR count). The van der Waals surface area contributed by atoms with E-state index < -0.39 is 0 Å². The van der Waals surface area contributed by atoms with Crippen LogP contribution in [0.2, 0.25) is 0 Å². The van der Waals surface area contributed by atoms with Crippen LogP contribution in [0.15, 0.2) is 0 Å². The van der Waals surface area contributed by atoms with Crippen molar-refractivity contribution in [2.24, 2.45) is 5.73 Å². The Morgan fingerprint density at radius 1 is 1.00 bits per heavy atom. The second-order valence-electron chi connectivity index (χ2n) is 6.68. The Hall–Kier alpha value is -0.160. The Balaban J connectivity index is 1.88. The van der Waals surface area contributed by atoms with E-state index in [-0.39, 0.29) is 0 Å². The van der Waals surface area contributed by atoms with Gasteiger partial charge in [-0.15, -0.1) is 0 Å². The van der Waals surface area contributed by atoms with E-state index >= 15 is 0 Å². The second-order valence-corrected chi connectivity index (χ2v) is 6.68. The maximum atomic E-state index is 5.69. The van der Waals surface area contributed by atoms with Gasteiger partial charge in [0.2, 0.25) is 0 Å². The molecule has 1 heterocycles. The summed E-state index contributed by atoms with van der Waals surface area (Å²) in [5.41, 5.74) is 5.69. The molecule has 0 aromatic carbocycles. The van der Waals surface area contributed by atoms with Crippen LogP contribution < -0.4 is 16.4 Å². The number of nitrogens with two attached hydrogens (primary N) is 1. The fraction of sp³-hybridized carbons (Fsp3) is 1.00. The van der Waals surface area contributed by atoms with E-state index in [0.717, 1.165) is 39.3 Å². The van der Waals surface area contributed by atoms with Crippen molar-refractivity contribution in [2.45, 2.75) is 77.3 Å². The van der Waals surface area contributed by atoms with Crippen LogP contribution in [0.3, 0.4) is 0 Å². The first kappa shape index (κ1) is 19.9. The van der Waals surface area contributed by atoms with E-state index in [4.69, 9.17) is 5.73 Å². The molecule has 1 fully saturated rings. The van der Waals surface area contributed by atoms with E-state index in [9.17, 15) is 0 Å². The average molecular weight is 313 g/mol. The van der Waals surface area contributed by atoms with Crippen molar-refractivity contribution < 1.29 is 0 Å². The van der Waals surface area contributed by atoms with E-state index in [1.54, 1.807) is 0 Å². The van der Waals surface area contributed by atoms with Gasteiger partial charge >= 0.3 is 0 Å². The largest absolute Gasteiger partial charge is 0.329 e. The fourth-order valence-corrected chi connectivity index (χ4v) is 3.26. The first-order valence-corrected chi connectivity index (χ1v) is 9.76. The minimum atomic E-state index is 0.482. The van der Waals surface area contributed by atoms with Crippen LogP contribution in [0, 0.1) is 0 Å². The molecule has 132 valence electrons. The van der Waals surface area contributed by atoms with Gasteiger partial charge < -0.3 is 16.4 Å². The molecular formula is C18H40N4. The minimum absolute atomic E-state index is 0.482. The molecule has 0 aromatic heterocycles. The fourth-order valence-electron chi connectivity index (χ4n) is 3.26. The molecule has 1 atom stereocenters. The molecule has 0 bridgehead atoms. The van der Waals surface area contributed by atoms with Gasteiger partial charge in [0.05, 0.1) is 6.17 Å².